The fourth-order valence-corrected chi connectivity index (χ4v) is 5.38. The Labute approximate surface area is 246 Å². The van der Waals surface area contributed by atoms with E-state index in [1.165, 1.54) is 0 Å². The van der Waals surface area contributed by atoms with Crippen molar-refractivity contribution in [3.05, 3.63) is 70.8 Å². The highest BCUT2D eigenvalue weighted by atomic mass is 16.5. The number of rotatable bonds is 13. The fourth-order valence-electron chi connectivity index (χ4n) is 5.38. The standard InChI is InChI=1S/C33H48N6O2/c1-8-26-13-28(16-35-31(26)18-39-19-33(20-39)21-41-22-33)32(40)37-29-12-10-11-27(14-29)25(6)36-24(5)15-34-30(23(3)4)17-38(7)9-2/h10-17,23-25,36H,8-9,18-22H2,1-7H3,(H,37,40)/b30-17+,34-15?/t24?,25-/m0/s1. The van der Waals surface area contributed by atoms with E-state index in [1.54, 1.807) is 6.20 Å². The molecule has 2 aliphatic rings. The predicted octanol–water partition coefficient (Wildman–Crippen LogP) is 5.29. The zero-order chi connectivity index (χ0) is 29.6. The van der Waals surface area contributed by atoms with Crippen molar-refractivity contribution in [2.45, 2.75) is 66.6 Å². The van der Waals surface area contributed by atoms with Crippen LogP contribution in [-0.4, -0.2) is 72.8 Å². The van der Waals surface area contributed by atoms with Gasteiger partial charge in [0, 0.05) is 75.0 Å². The fraction of sp³-hybridized carbons (Fsp3) is 0.545. The van der Waals surface area contributed by atoms with Gasteiger partial charge in [0.2, 0.25) is 0 Å². The van der Waals surface area contributed by atoms with E-state index >= 15 is 0 Å². The molecule has 1 amide bonds. The maximum Gasteiger partial charge on any atom is 0.257 e. The van der Waals surface area contributed by atoms with E-state index in [9.17, 15) is 4.79 Å². The molecule has 0 bridgehead atoms. The molecular formula is C33H48N6O2. The van der Waals surface area contributed by atoms with E-state index < -0.39 is 0 Å². The predicted molar refractivity (Wildman–Crippen MR) is 167 cm³/mol. The molecule has 41 heavy (non-hydrogen) atoms. The van der Waals surface area contributed by atoms with Crippen LogP contribution in [0.5, 0.6) is 0 Å². The summed E-state index contributed by atoms with van der Waals surface area (Å²) in [7, 11) is 2.07. The first-order chi connectivity index (χ1) is 19.6. The summed E-state index contributed by atoms with van der Waals surface area (Å²) in [5, 5.41) is 6.68. The van der Waals surface area contributed by atoms with Crippen LogP contribution >= 0.6 is 0 Å². The number of likely N-dealkylation sites (tertiary alicyclic amines) is 1. The first-order valence-corrected chi connectivity index (χ1v) is 15.0. The lowest BCUT2D eigenvalue weighted by atomic mass is 9.78. The van der Waals surface area contributed by atoms with E-state index in [-0.39, 0.29) is 18.0 Å². The summed E-state index contributed by atoms with van der Waals surface area (Å²) >= 11 is 0. The highest BCUT2D eigenvalue weighted by Gasteiger charge is 2.48. The lowest BCUT2D eigenvalue weighted by molar-refractivity contribution is -0.191. The van der Waals surface area contributed by atoms with Crippen LogP contribution in [0.15, 0.2) is 53.4 Å². The van der Waals surface area contributed by atoms with Gasteiger partial charge in [-0.05, 0) is 62.4 Å². The van der Waals surface area contributed by atoms with Gasteiger partial charge >= 0.3 is 0 Å². The molecule has 1 spiro atoms. The molecule has 0 radical (unpaired) electrons. The third kappa shape index (κ3) is 8.03. The molecule has 2 N–H and O–H groups in total. The number of aryl methyl sites for hydroxylation is 1. The number of hydrogen-bond acceptors (Lipinski definition) is 7. The number of carbonyl (C=O) groups is 1. The Morgan fingerprint density at radius 1 is 1.20 bits per heavy atom. The number of allylic oxidation sites excluding steroid dienone is 1. The second-order valence-electron chi connectivity index (χ2n) is 12.1. The summed E-state index contributed by atoms with van der Waals surface area (Å²) < 4.78 is 5.39. The largest absolute Gasteiger partial charge is 0.380 e. The first kappa shape index (κ1) is 30.9. The number of nitrogens with zero attached hydrogens (tertiary/aromatic N) is 4. The number of amides is 1. The number of anilines is 1. The number of aliphatic imine (C=N–C) groups is 1. The smallest absolute Gasteiger partial charge is 0.257 e. The molecule has 8 nitrogen and oxygen atoms in total. The maximum absolute atomic E-state index is 13.2. The molecule has 0 saturated carbocycles. The minimum Gasteiger partial charge on any atom is -0.380 e. The SMILES string of the molecule is CCc1cc(C(=O)Nc2cccc([C@H](C)NC(C)C=N/C(=C/N(C)CC)C(C)C)c2)cnc1CN1CC2(COC2)C1. The van der Waals surface area contributed by atoms with Crippen molar-refractivity contribution in [3.63, 3.8) is 0 Å². The molecule has 2 aliphatic heterocycles. The van der Waals surface area contributed by atoms with E-state index in [0.717, 1.165) is 74.0 Å². The van der Waals surface area contributed by atoms with Crippen molar-refractivity contribution in [2.24, 2.45) is 16.3 Å². The van der Waals surface area contributed by atoms with Crippen LogP contribution in [0.1, 0.15) is 74.8 Å². The molecule has 0 aliphatic carbocycles. The monoisotopic (exact) mass is 560 g/mol. The van der Waals surface area contributed by atoms with Gasteiger partial charge in [0.05, 0.1) is 30.2 Å². The Kier molecular flexibility index (Phi) is 10.3. The zero-order valence-corrected chi connectivity index (χ0v) is 25.9. The maximum atomic E-state index is 13.2. The number of ether oxygens (including phenoxy) is 1. The molecule has 222 valence electrons. The Bertz CT molecular complexity index is 1240. The van der Waals surface area contributed by atoms with Gasteiger partial charge in [-0.25, -0.2) is 0 Å². The Morgan fingerprint density at radius 2 is 1.95 bits per heavy atom. The van der Waals surface area contributed by atoms with Crippen molar-refractivity contribution < 1.29 is 9.53 Å². The number of aromatic nitrogens is 1. The van der Waals surface area contributed by atoms with Gasteiger partial charge in [-0.15, -0.1) is 0 Å². The van der Waals surface area contributed by atoms with Crippen LogP contribution in [0.2, 0.25) is 0 Å². The summed E-state index contributed by atoms with van der Waals surface area (Å²) in [5.41, 5.74) is 6.09. The molecule has 8 heteroatoms. The summed E-state index contributed by atoms with van der Waals surface area (Å²) in [5.74, 6) is 0.206. The van der Waals surface area contributed by atoms with Crippen molar-refractivity contribution in [2.75, 3.05) is 45.2 Å². The van der Waals surface area contributed by atoms with Gasteiger partial charge in [0.1, 0.15) is 0 Å². The third-order valence-electron chi connectivity index (χ3n) is 8.06. The lowest BCUT2D eigenvalue weighted by Crippen LogP contribution is -2.65. The minimum absolute atomic E-state index is 0.0814. The van der Waals surface area contributed by atoms with Gasteiger partial charge in [0.25, 0.3) is 5.91 Å². The van der Waals surface area contributed by atoms with Gasteiger partial charge in [-0.1, -0.05) is 32.9 Å². The van der Waals surface area contributed by atoms with Crippen LogP contribution in [-0.2, 0) is 17.7 Å². The third-order valence-corrected chi connectivity index (χ3v) is 8.06. The average molecular weight is 561 g/mol. The summed E-state index contributed by atoms with van der Waals surface area (Å²) in [6.07, 6.45) is 6.64. The van der Waals surface area contributed by atoms with Crippen molar-refractivity contribution in [1.29, 1.82) is 0 Å². The van der Waals surface area contributed by atoms with E-state index in [2.05, 4.69) is 81.3 Å². The van der Waals surface area contributed by atoms with Gasteiger partial charge in [0.15, 0.2) is 0 Å². The second-order valence-corrected chi connectivity index (χ2v) is 12.1. The van der Waals surface area contributed by atoms with Crippen LogP contribution in [0.4, 0.5) is 5.69 Å². The van der Waals surface area contributed by atoms with Crippen LogP contribution in [0, 0.1) is 11.3 Å². The lowest BCUT2D eigenvalue weighted by Gasteiger charge is -2.55. The number of nitrogens with one attached hydrogen (secondary N) is 2. The molecule has 2 saturated heterocycles. The van der Waals surface area contributed by atoms with Gasteiger partial charge < -0.3 is 20.3 Å². The molecule has 2 aromatic rings. The number of benzene rings is 1. The van der Waals surface area contributed by atoms with E-state index in [0.29, 0.717) is 16.9 Å². The summed E-state index contributed by atoms with van der Waals surface area (Å²) in [4.78, 5) is 27.2. The summed E-state index contributed by atoms with van der Waals surface area (Å²) in [6, 6.07) is 10.2. The molecule has 1 aromatic heterocycles. The average Bonchev–Trinajstić information content (AvgIpc) is 2.91. The number of carbonyl (C=O) groups excluding carboxylic acids is 1. The molecule has 2 fully saturated rings. The van der Waals surface area contributed by atoms with Gasteiger partial charge in [-0.3, -0.25) is 19.7 Å². The molecular weight excluding hydrogens is 512 g/mol. The topological polar surface area (TPSA) is 82.1 Å². The van der Waals surface area contributed by atoms with Crippen LogP contribution in [0.3, 0.4) is 0 Å². The first-order valence-electron chi connectivity index (χ1n) is 15.0. The van der Waals surface area contributed by atoms with Crippen molar-refractivity contribution in [1.82, 2.24) is 20.1 Å². The minimum atomic E-state index is -0.142. The molecule has 1 aromatic carbocycles. The second kappa shape index (κ2) is 13.7. The van der Waals surface area contributed by atoms with Crippen LogP contribution < -0.4 is 10.6 Å². The molecule has 3 heterocycles. The van der Waals surface area contributed by atoms with Crippen molar-refractivity contribution in [3.8, 4) is 0 Å². The quantitative estimate of drug-likeness (QED) is 0.324. The van der Waals surface area contributed by atoms with Crippen molar-refractivity contribution >= 4 is 17.8 Å². The molecule has 4 rings (SSSR count). The Balaban J connectivity index is 1.34. The highest BCUT2D eigenvalue weighted by molar-refractivity contribution is 6.04. The zero-order valence-electron chi connectivity index (χ0n) is 25.9. The number of hydrogen-bond donors (Lipinski definition) is 2. The normalized spacial score (nSPS) is 18.3. The van der Waals surface area contributed by atoms with E-state index in [4.69, 9.17) is 14.7 Å². The molecule has 2 atom stereocenters. The highest BCUT2D eigenvalue weighted by Crippen LogP contribution is 2.38. The van der Waals surface area contributed by atoms with Crippen LogP contribution in [0.25, 0.3) is 0 Å². The Hall–Kier alpha value is -3.07. The number of pyridine rings is 1. The Morgan fingerprint density at radius 3 is 2.59 bits per heavy atom. The molecule has 1 unspecified atom stereocenters. The van der Waals surface area contributed by atoms with Gasteiger partial charge in [-0.2, -0.15) is 0 Å². The summed E-state index contributed by atoms with van der Waals surface area (Å²) in [6.45, 7) is 18.5. The van der Waals surface area contributed by atoms with E-state index in [1.807, 2.05) is 30.5 Å².